The molecule has 1 aliphatic heterocycles. The number of likely N-dealkylation sites (tertiary alicyclic amines) is 1. The summed E-state index contributed by atoms with van der Waals surface area (Å²) < 4.78 is 1.66. The summed E-state index contributed by atoms with van der Waals surface area (Å²) in [5.41, 5.74) is 1.37. The van der Waals surface area contributed by atoms with Gasteiger partial charge in [-0.25, -0.2) is 0 Å². The number of piperidine rings is 1. The highest BCUT2D eigenvalue weighted by molar-refractivity contribution is 5.97. The lowest BCUT2D eigenvalue weighted by molar-refractivity contribution is 0.0627. The number of rotatable bonds is 3. The van der Waals surface area contributed by atoms with E-state index >= 15 is 0 Å². The average molecular weight is 322 g/mol. The molecular formula is C18H18N4O2. The zero-order chi connectivity index (χ0) is 17.1. The van der Waals surface area contributed by atoms with Crippen molar-refractivity contribution in [2.45, 2.75) is 12.8 Å². The molecule has 0 bridgehead atoms. The first-order chi connectivity index (χ1) is 11.6. The quantitative estimate of drug-likeness (QED) is 0.810. The van der Waals surface area contributed by atoms with Crippen LogP contribution in [0.5, 0.6) is 0 Å². The highest BCUT2D eigenvalue weighted by atomic mass is 16.2. The van der Waals surface area contributed by atoms with Crippen LogP contribution in [0.2, 0.25) is 0 Å². The molecule has 24 heavy (non-hydrogen) atoms. The molecule has 0 N–H and O–H groups in total. The first-order valence-electron chi connectivity index (χ1n) is 7.91. The zero-order valence-electron chi connectivity index (χ0n) is 13.5. The number of aromatic nitrogens is 2. The molecule has 0 radical (unpaired) electrons. The van der Waals surface area contributed by atoms with Crippen molar-refractivity contribution in [3.63, 3.8) is 0 Å². The van der Waals surface area contributed by atoms with E-state index in [-0.39, 0.29) is 17.6 Å². The van der Waals surface area contributed by atoms with Crippen LogP contribution in [0.15, 0.2) is 36.7 Å². The molecule has 122 valence electrons. The van der Waals surface area contributed by atoms with Crippen molar-refractivity contribution in [1.29, 1.82) is 5.26 Å². The maximum Gasteiger partial charge on any atom is 0.270 e. The number of hydrogen-bond donors (Lipinski definition) is 0. The Bertz CT molecular complexity index is 804. The van der Waals surface area contributed by atoms with Gasteiger partial charge in [0.05, 0.1) is 5.56 Å². The molecule has 6 heteroatoms. The van der Waals surface area contributed by atoms with Gasteiger partial charge in [-0.2, -0.15) is 5.26 Å². The van der Waals surface area contributed by atoms with E-state index in [0.717, 1.165) is 12.8 Å². The fraction of sp³-hybridized carbons (Fsp3) is 0.333. The molecule has 1 unspecified atom stereocenters. The monoisotopic (exact) mass is 322 g/mol. The Hall–Kier alpha value is -2.94. The second-order valence-corrected chi connectivity index (χ2v) is 6.01. The van der Waals surface area contributed by atoms with Crippen LogP contribution in [0.3, 0.4) is 0 Å². The summed E-state index contributed by atoms with van der Waals surface area (Å²) in [6.07, 6.45) is 4.78. The highest BCUT2D eigenvalue weighted by Gasteiger charge is 2.30. The fourth-order valence-corrected chi connectivity index (χ4v) is 3.09. The lowest BCUT2D eigenvalue weighted by Crippen LogP contribution is -2.43. The molecule has 3 heterocycles. The van der Waals surface area contributed by atoms with E-state index in [2.05, 4.69) is 4.98 Å². The SMILES string of the molecule is Cn1cc(C#N)cc1C(=O)N1CCCC(C(=O)c2ccccn2)C1. The minimum absolute atomic E-state index is 0.0160. The van der Waals surface area contributed by atoms with Crippen molar-refractivity contribution in [3.8, 4) is 6.07 Å². The molecule has 0 aromatic carbocycles. The lowest BCUT2D eigenvalue weighted by Gasteiger charge is -2.32. The van der Waals surface area contributed by atoms with Gasteiger partial charge < -0.3 is 9.47 Å². The number of aryl methyl sites for hydroxylation is 1. The van der Waals surface area contributed by atoms with Crippen LogP contribution >= 0.6 is 0 Å². The van der Waals surface area contributed by atoms with Crippen LogP contribution in [-0.2, 0) is 7.05 Å². The average Bonchev–Trinajstić information content (AvgIpc) is 3.02. The topological polar surface area (TPSA) is 79.0 Å². The molecule has 1 fully saturated rings. The van der Waals surface area contributed by atoms with Crippen molar-refractivity contribution in [2.75, 3.05) is 13.1 Å². The van der Waals surface area contributed by atoms with Gasteiger partial charge in [-0.05, 0) is 31.0 Å². The van der Waals surface area contributed by atoms with Crippen molar-refractivity contribution >= 4 is 11.7 Å². The number of nitriles is 1. The molecule has 1 atom stereocenters. The molecule has 1 aliphatic rings. The Labute approximate surface area is 140 Å². The van der Waals surface area contributed by atoms with Crippen LogP contribution in [0.25, 0.3) is 0 Å². The van der Waals surface area contributed by atoms with Gasteiger partial charge in [-0.1, -0.05) is 6.07 Å². The Kier molecular flexibility index (Phi) is 4.43. The van der Waals surface area contributed by atoms with Gasteiger partial charge in [-0.3, -0.25) is 14.6 Å². The summed E-state index contributed by atoms with van der Waals surface area (Å²) >= 11 is 0. The van der Waals surface area contributed by atoms with Gasteiger partial charge in [0.1, 0.15) is 17.5 Å². The largest absolute Gasteiger partial charge is 0.345 e. The first kappa shape index (κ1) is 15.9. The normalized spacial score (nSPS) is 17.3. The number of nitrogens with zero attached hydrogens (tertiary/aromatic N) is 4. The number of pyridine rings is 1. The molecule has 0 aliphatic carbocycles. The molecule has 0 saturated carbocycles. The van der Waals surface area contributed by atoms with Crippen LogP contribution in [0, 0.1) is 17.2 Å². The third kappa shape index (κ3) is 3.06. The number of hydrogen-bond acceptors (Lipinski definition) is 4. The summed E-state index contributed by atoms with van der Waals surface area (Å²) in [5.74, 6) is -0.386. The van der Waals surface area contributed by atoms with Crippen molar-refractivity contribution < 1.29 is 9.59 Å². The summed E-state index contributed by atoms with van der Waals surface area (Å²) in [4.78, 5) is 31.1. The Morgan fingerprint density at radius 1 is 1.38 bits per heavy atom. The van der Waals surface area contributed by atoms with Gasteiger partial charge in [0.2, 0.25) is 0 Å². The first-order valence-corrected chi connectivity index (χ1v) is 7.91. The van der Waals surface area contributed by atoms with E-state index < -0.39 is 0 Å². The molecular weight excluding hydrogens is 304 g/mol. The predicted molar refractivity (Wildman–Crippen MR) is 87.3 cm³/mol. The van der Waals surface area contributed by atoms with Gasteiger partial charge in [0.15, 0.2) is 5.78 Å². The van der Waals surface area contributed by atoms with Crippen LogP contribution in [-0.4, -0.2) is 39.2 Å². The van der Waals surface area contributed by atoms with E-state index in [1.807, 2.05) is 6.07 Å². The number of amides is 1. The molecule has 1 amide bonds. The Morgan fingerprint density at radius 2 is 2.21 bits per heavy atom. The summed E-state index contributed by atoms with van der Waals surface area (Å²) in [6.45, 7) is 1.01. The van der Waals surface area contributed by atoms with Gasteiger partial charge in [-0.15, -0.1) is 0 Å². The highest BCUT2D eigenvalue weighted by Crippen LogP contribution is 2.22. The zero-order valence-corrected chi connectivity index (χ0v) is 13.5. The van der Waals surface area contributed by atoms with Crippen molar-refractivity contribution in [2.24, 2.45) is 13.0 Å². The van der Waals surface area contributed by atoms with Gasteiger partial charge in [0.25, 0.3) is 5.91 Å². The lowest BCUT2D eigenvalue weighted by atomic mass is 9.91. The van der Waals surface area contributed by atoms with Crippen LogP contribution in [0.1, 0.15) is 39.4 Å². The minimum Gasteiger partial charge on any atom is -0.345 e. The fourth-order valence-electron chi connectivity index (χ4n) is 3.09. The second-order valence-electron chi connectivity index (χ2n) is 6.01. The number of ketones is 1. The standard InChI is InChI=1S/C18H18N4O2/c1-21-11-13(10-19)9-16(21)18(24)22-8-4-5-14(12-22)17(23)15-6-2-3-7-20-15/h2-3,6-7,9,11,14H,4-5,8,12H2,1H3. The molecule has 2 aromatic heterocycles. The predicted octanol–water partition coefficient (Wildman–Crippen LogP) is 2.03. The Balaban J connectivity index is 1.76. The minimum atomic E-state index is -0.228. The maximum atomic E-state index is 12.7. The second kappa shape index (κ2) is 6.67. The van der Waals surface area contributed by atoms with Gasteiger partial charge in [0, 0.05) is 38.4 Å². The number of carbonyl (C=O) groups excluding carboxylic acids is 2. The molecule has 6 nitrogen and oxygen atoms in total. The van der Waals surface area contributed by atoms with Crippen molar-refractivity contribution in [1.82, 2.24) is 14.5 Å². The van der Waals surface area contributed by atoms with Crippen LogP contribution < -0.4 is 0 Å². The molecule has 2 aromatic rings. The summed E-state index contributed by atoms with van der Waals surface area (Å²) in [7, 11) is 1.74. The summed E-state index contributed by atoms with van der Waals surface area (Å²) in [5, 5.41) is 8.97. The molecule has 0 spiro atoms. The van der Waals surface area contributed by atoms with Gasteiger partial charge >= 0.3 is 0 Å². The van der Waals surface area contributed by atoms with E-state index in [9.17, 15) is 9.59 Å². The van der Waals surface area contributed by atoms with E-state index in [0.29, 0.717) is 30.0 Å². The third-order valence-electron chi connectivity index (χ3n) is 4.35. The van der Waals surface area contributed by atoms with E-state index in [1.54, 1.807) is 53.2 Å². The van der Waals surface area contributed by atoms with E-state index in [4.69, 9.17) is 5.26 Å². The van der Waals surface area contributed by atoms with Crippen LogP contribution in [0.4, 0.5) is 0 Å². The van der Waals surface area contributed by atoms with Crippen molar-refractivity contribution in [3.05, 3.63) is 53.6 Å². The smallest absolute Gasteiger partial charge is 0.270 e. The molecule has 3 rings (SSSR count). The Morgan fingerprint density at radius 3 is 2.88 bits per heavy atom. The summed E-state index contributed by atoms with van der Waals surface area (Å²) in [6, 6.07) is 8.90. The number of Topliss-reactive ketones (excluding diaryl/α,β-unsaturated/α-hetero) is 1. The maximum absolute atomic E-state index is 12.7. The third-order valence-corrected chi connectivity index (χ3v) is 4.35. The number of carbonyl (C=O) groups is 2. The molecule has 1 saturated heterocycles. The van der Waals surface area contributed by atoms with E-state index in [1.165, 1.54) is 0 Å².